The van der Waals surface area contributed by atoms with Crippen LogP contribution in [-0.2, 0) is 14.1 Å². The summed E-state index contributed by atoms with van der Waals surface area (Å²) in [6, 6.07) is 0.160. The lowest BCUT2D eigenvalue weighted by atomic mass is 10.1. The molecule has 15 heavy (non-hydrogen) atoms. The van der Waals surface area contributed by atoms with E-state index in [0.717, 1.165) is 11.1 Å². The fourth-order valence-electron chi connectivity index (χ4n) is 1.70. The molecule has 2 rings (SSSR count). The maximum atomic E-state index is 4.17. The molecule has 0 aromatic carbocycles. The number of rotatable bonds is 3. The lowest BCUT2D eigenvalue weighted by Gasteiger charge is -2.11. The summed E-state index contributed by atoms with van der Waals surface area (Å²) in [7, 11) is 5.77. The molecule has 5 nitrogen and oxygen atoms in total. The van der Waals surface area contributed by atoms with E-state index in [0.29, 0.717) is 0 Å². The summed E-state index contributed by atoms with van der Waals surface area (Å²) in [5, 5.41) is 11.6. The zero-order valence-corrected chi connectivity index (χ0v) is 9.18. The molecule has 2 aromatic heterocycles. The van der Waals surface area contributed by atoms with Crippen LogP contribution in [-0.4, -0.2) is 26.6 Å². The second kappa shape index (κ2) is 3.86. The van der Waals surface area contributed by atoms with Crippen LogP contribution in [0, 0.1) is 0 Å². The molecule has 0 bridgehead atoms. The van der Waals surface area contributed by atoms with Gasteiger partial charge in [-0.05, 0) is 7.05 Å². The van der Waals surface area contributed by atoms with E-state index in [1.165, 1.54) is 0 Å². The van der Waals surface area contributed by atoms with E-state index in [9.17, 15) is 0 Å². The fraction of sp³-hybridized carbons (Fsp3) is 0.400. The maximum absolute atomic E-state index is 4.17. The van der Waals surface area contributed by atoms with Crippen LogP contribution in [0.4, 0.5) is 0 Å². The zero-order valence-electron chi connectivity index (χ0n) is 9.18. The van der Waals surface area contributed by atoms with Gasteiger partial charge in [0, 0.05) is 37.6 Å². The van der Waals surface area contributed by atoms with Gasteiger partial charge in [0.15, 0.2) is 0 Å². The monoisotopic (exact) mass is 205 g/mol. The highest BCUT2D eigenvalue weighted by molar-refractivity contribution is 5.25. The van der Waals surface area contributed by atoms with Gasteiger partial charge in [0.1, 0.15) is 0 Å². The highest BCUT2D eigenvalue weighted by atomic mass is 15.3. The van der Waals surface area contributed by atoms with Crippen molar-refractivity contribution < 1.29 is 0 Å². The van der Waals surface area contributed by atoms with Crippen molar-refractivity contribution in [1.82, 2.24) is 24.9 Å². The molecule has 0 unspecified atom stereocenters. The second-order valence-corrected chi connectivity index (χ2v) is 3.62. The first-order valence-electron chi connectivity index (χ1n) is 4.85. The van der Waals surface area contributed by atoms with Crippen LogP contribution in [0.3, 0.4) is 0 Å². The Bertz CT molecular complexity index is 402. The van der Waals surface area contributed by atoms with Crippen molar-refractivity contribution >= 4 is 0 Å². The molecule has 0 aliphatic heterocycles. The zero-order chi connectivity index (χ0) is 10.8. The molecule has 0 spiro atoms. The van der Waals surface area contributed by atoms with E-state index in [4.69, 9.17) is 0 Å². The molecular weight excluding hydrogens is 190 g/mol. The Morgan fingerprint density at radius 3 is 1.80 bits per heavy atom. The quantitative estimate of drug-likeness (QED) is 0.792. The fourth-order valence-corrected chi connectivity index (χ4v) is 1.70. The summed E-state index contributed by atoms with van der Waals surface area (Å²) >= 11 is 0. The smallest absolute Gasteiger partial charge is 0.0636 e. The Morgan fingerprint density at radius 1 is 1.07 bits per heavy atom. The molecule has 80 valence electrons. The van der Waals surface area contributed by atoms with Crippen LogP contribution in [0.5, 0.6) is 0 Å². The molecule has 2 heterocycles. The first-order chi connectivity index (χ1) is 7.20. The number of nitrogens with one attached hydrogen (secondary N) is 1. The third-order valence-corrected chi connectivity index (χ3v) is 2.41. The largest absolute Gasteiger partial charge is 0.309 e. The topological polar surface area (TPSA) is 47.7 Å². The Kier molecular flexibility index (Phi) is 2.55. The third-order valence-electron chi connectivity index (χ3n) is 2.41. The van der Waals surface area contributed by atoms with Crippen LogP contribution in [0.25, 0.3) is 0 Å². The lowest BCUT2D eigenvalue weighted by molar-refractivity contribution is 0.687. The van der Waals surface area contributed by atoms with Gasteiger partial charge < -0.3 is 5.32 Å². The van der Waals surface area contributed by atoms with E-state index in [-0.39, 0.29) is 6.04 Å². The predicted octanol–water partition coefficient (Wildman–Crippen LogP) is 0.462. The second-order valence-electron chi connectivity index (χ2n) is 3.62. The summed E-state index contributed by atoms with van der Waals surface area (Å²) in [5.41, 5.74) is 2.29. The summed E-state index contributed by atoms with van der Waals surface area (Å²) in [6.07, 6.45) is 7.75. The Labute approximate surface area is 88.7 Å². The highest BCUT2D eigenvalue weighted by Gasteiger charge is 2.14. The molecule has 0 saturated carbocycles. The van der Waals surface area contributed by atoms with Crippen molar-refractivity contribution in [1.29, 1.82) is 0 Å². The van der Waals surface area contributed by atoms with Crippen LogP contribution in [0.15, 0.2) is 24.8 Å². The summed E-state index contributed by atoms with van der Waals surface area (Å²) in [4.78, 5) is 0. The number of aromatic nitrogens is 4. The van der Waals surface area contributed by atoms with Crippen molar-refractivity contribution in [3.05, 3.63) is 35.9 Å². The lowest BCUT2D eigenvalue weighted by Crippen LogP contribution is -2.16. The summed E-state index contributed by atoms with van der Waals surface area (Å²) < 4.78 is 3.60. The molecule has 0 aliphatic carbocycles. The van der Waals surface area contributed by atoms with Gasteiger partial charge in [-0.1, -0.05) is 0 Å². The van der Waals surface area contributed by atoms with Gasteiger partial charge in [0.25, 0.3) is 0 Å². The normalized spacial score (nSPS) is 11.2. The first-order valence-corrected chi connectivity index (χ1v) is 4.85. The van der Waals surface area contributed by atoms with Crippen molar-refractivity contribution in [2.24, 2.45) is 14.1 Å². The van der Waals surface area contributed by atoms with Gasteiger partial charge in [-0.3, -0.25) is 9.36 Å². The van der Waals surface area contributed by atoms with Gasteiger partial charge in [0.2, 0.25) is 0 Å². The average molecular weight is 205 g/mol. The Balaban J connectivity index is 2.32. The van der Waals surface area contributed by atoms with Crippen molar-refractivity contribution in [2.75, 3.05) is 7.05 Å². The van der Waals surface area contributed by atoms with Crippen molar-refractivity contribution in [3.63, 3.8) is 0 Å². The van der Waals surface area contributed by atoms with Crippen LogP contribution in [0.1, 0.15) is 17.2 Å². The Hall–Kier alpha value is -1.62. The third kappa shape index (κ3) is 1.92. The number of hydrogen-bond acceptors (Lipinski definition) is 3. The van der Waals surface area contributed by atoms with Gasteiger partial charge in [0.05, 0.1) is 18.4 Å². The Morgan fingerprint density at radius 2 is 1.53 bits per heavy atom. The minimum atomic E-state index is 0.160. The van der Waals surface area contributed by atoms with Crippen molar-refractivity contribution in [2.45, 2.75) is 6.04 Å². The first kappa shape index (κ1) is 9.92. The predicted molar refractivity (Wildman–Crippen MR) is 57.3 cm³/mol. The molecule has 0 radical (unpaired) electrons. The number of nitrogens with zero attached hydrogens (tertiary/aromatic N) is 4. The molecular formula is C10H15N5. The van der Waals surface area contributed by atoms with E-state index in [1.54, 1.807) is 9.36 Å². The molecule has 0 saturated heterocycles. The minimum absolute atomic E-state index is 0.160. The van der Waals surface area contributed by atoms with Gasteiger partial charge in [-0.25, -0.2) is 0 Å². The van der Waals surface area contributed by atoms with Crippen LogP contribution >= 0.6 is 0 Å². The average Bonchev–Trinajstić information content (AvgIpc) is 2.78. The summed E-state index contributed by atoms with van der Waals surface area (Å²) in [6.45, 7) is 0. The van der Waals surface area contributed by atoms with Gasteiger partial charge in [-0.2, -0.15) is 10.2 Å². The van der Waals surface area contributed by atoms with Gasteiger partial charge in [-0.15, -0.1) is 0 Å². The SMILES string of the molecule is CNC(c1cnn(C)c1)c1cnn(C)c1. The van der Waals surface area contributed by atoms with E-state index >= 15 is 0 Å². The molecule has 0 atom stereocenters. The molecule has 0 aliphatic rings. The van der Waals surface area contributed by atoms with Crippen LogP contribution < -0.4 is 5.32 Å². The summed E-state index contributed by atoms with van der Waals surface area (Å²) in [5.74, 6) is 0. The van der Waals surface area contributed by atoms with Gasteiger partial charge >= 0.3 is 0 Å². The standard InChI is InChI=1S/C10H15N5/c1-11-10(8-4-12-14(2)6-8)9-5-13-15(3)7-9/h4-7,10-11H,1-3H3. The van der Waals surface area contributed by atoms with Crippen LogP contribution in [0.2, 0.25) is 0 Å². The van der Waals surface area contributed by atoms with E-state index < -0.39 is 0 Å². The number of hydrogen-bond donors (Lipinski definition) is 1. The maximum Gasteiger partial charge on any atom is 0.0636 e. The van der Waals surface area contributed by atoms with E-state index in [1.807, 2.05) is 45.9 Å². The molecule has 2 aromatic rings. The molecule has 1 N–H and O–H groups in total. The highest BCUT2D eigenvalue weighted by Crippen LogP contribution is 2.19. The molecule has 0 amide bonds. The number of aryl methyl sites for hydroxylation is 2. The van der Waals surface area contributed by atoms with E-state index in [2.05, 4.69) is 15.5 Å². The van der Waals surface area contributed by atoms with Crippen molar-refractivity contribution in [3.8, 4) is 0 Å². The molecule has 0 fully saturated rings. The minimum Gasteiger partial charge on any atom is -0.309 e. The molecule has 5 heteroatoms.